The van der Waals surface area contributed by atoms with E-state index in [0.717, 1.165) is 6.92 Å². The Bertz CT molecular complexity index is 1350. The molecule has 1 saturated heterocycles. The molecular formula is C26H27NO10. The van der Waals surface area contributed by atoms with Gasteiger partial charge in [0.1, 0.15) is 22.8 Å². The van der Waals surface area contributed by atoms with Gasteiger partial charge in [-0.1, -0.05) is 12.1 Å². The number of benzene rings is 2. The summed E-state index contributed by atoms with van der Waals surface area (Å²) in [6.45, 7) is 2.75. The number of carbonyl (C=O) groups is 3. The fourth-order valence-electron chi connectivity index (χ4n) is 5.48. The SMILES string of the molecule is CC(=O)[C@]1(O)Cc2c(O)c3c(c(O)c2[C@@H](OC2CO[C@@H](C)[C@H](O)[C@H]2N)C1)C(=O)c1c(O)cccc1C3=O. The number of rotatable bonds is 3. The number of carbonyl (C=O) groups excluding carboxylic acids is 3. The predicted octanol–water partition coefficient (Wildman–Crippen LogP) is 0.378. The zero-order chi connectivity index (χ0) is 27.0. The molecule has 2 aromatic rings. The summed E-state index contributed by atoms with van der Waals surface area (Å²) in [5.74, 6) is -4.16. The maximum Gasteiger partial charge on any atom is 0.202 e. The molecule has 11 nitrogen and oxygen atoms in total. The van der Waals surface area contributed by atoms with Gasteiger partial charge in [-0.3, -0.25) is 14.4 Å². The van der Waals surface area contributed by atoms with Gasteiger partial charge < -0.3 is 40.7 Å². The number of phenolic OH excluding ortho intramolecular Hbond substituents is 3. The zero-order valence-corrected chi connectivity index (χ0v) is 20.1. The number of aliphatic hydroxyl groups excluding tert-OH is 1. The number of aliphatic hydroxyl groups is 2. The summed E-state index contributed by atoms with van der Waals surface area (Å²) in [5, 5.41) is 54.4. The van der Waals surface area contributed by atoms with Gasteiger partial charge in [-0.15, -0.1) is 0 Å². The van der Waals surface area contributed by atoms with Crippen molar-refractivity contribution in [2.24, 2.45) is 5.73 Å². The second-order valence-corrected chi connectivity index (χ2v) is 9.94. The Hall–Kier alpha value is -3.35. The molecule has 0 spiro atoms. The molecule has 5 rings (SSSR count). The summed E-state index contributed by atoms with van der Waals surface area (Å²) in [6.07, 6.45) is -4.67. The first-order valence-electron chi connectivity index (χ1n) is 11.8. The number of ether oxygens (including phenoxy) is 2. The van der Waals surface area contributed by atoms with Crippen LogP contribution in [0.3, 0.4) is 0 Å². The molecule has 1 heterocycles. The predicted molar refractivity (Wildman–Crippen MR) is 126 cm³/mol. The molecule has 2 aromatic carbocycles. The molecule has 3 aliphatic rings. The number of Topliss-reactive ketones (excluding diaryl/α,β-unsaturated/α-hetero) is 1. The minimum absolute atomic E-state index is 0.0416. The molecule has 0 amide bonds. The Kier molecular flexibility index (Phi) is 5.89. The van der Waals surface area contributed by atoms with E-state index in [1.54, 1.807) is 6.92 Å². The van der Waals surface area contributed by atoms with E-state index in [2.05, 4.69) is 0 Å². The van der Waals surface area contributed by atoms with Crippen molar-refractivity contribution in [1.29, 1.82) is 0 Å². The minimum Gasteiger partial charge on any atom is -0.507 e. The number of hydrogen-bond donors (Lipinski definition) is 6. The van der Waals surface area contributed by atoms with Crippen LogP contribution in [0.1, 0.15) is 69.3 Å². The molecule has 7 N–H and O–H groups in total. The van der Waals surface area contributed by atoms with Crippen LogP contribution in [-0.4, -0.2) is 79.4 Å². The van der Waals surface area contributed by atoms with E-state index < -0.39 is 88.2 Å². The van der Waals surface area contributed by atoms with Gasteiger partial charge >= 0.3 is 0 Å². The summed E-state index contributed by atoms with van der Waals surface area (Å²) < 4.78 is 11.6. The highest BCUT2D eigenvalue weighted by atomic mass is 16.6. The highest BCUT2D eigenvalue weighted by molar-refractivity contribution is 6.31. The summed E-state index contributed by atoms with van der Waals surface area (Å²) in [5.41, 5.74) is 2.40. The average Bonchev–Trinajstić information content (AvgIpc) is 2.84. The van der Waals surface area contributed by atoms with Gasteiger partial charge in [0.05, 0.1) is 53.8 Å². The van der Waals surface area contributed by atoms with E-state index in [1.807, 2.05) is 0 Å². The smallest absolute Gasteiger partial charge is 0.202 e. The van der Waals surface area contributed by atoms with Gasteiger partial charge in [-0.2, -0.15) is 0 Å². The summed E-state index contributed by atoms with van der Waals surface area (Å²) in [7, 11) is 0. The normalized spacial score (nSPS) is 30.9. The molecule has 37 heavy (non-hydrogen) atoms. The Morgan fingerprint density at radius 2 is 1.78 bits per heavy atom. The first-order chi connectivity index (χ1) is 17.4. The van der Waals surface area contributed by atoms with Crippen LogP contribution >= 0.6 is 0 Å². The number of hydrogen-bond acceptors (Lipinski definition) is 11. The lowest BCUT2D eigenvalue weighted by Crippen LogP contribution is -2.58. The van der Waals surface area contributed by atoms with E-state index in [4.69, 9.17) is 15.2 Å². The van der Waals surface area contributed by atoms with Crippen LogP contribution in [0.4, 0.5) is 0 Å². The fourth-order valence-corrected chi connectivity index (χ4v) is 5.48. The van der Waals surface area contributed by atoms with E-state index >= 15 is 0 Å². The molecule has 1 unspecified atom stereocenters. The minimum atomic E-state index is -2.03. The molecule has 6 atom stereocenters. The van der Waals surface area contributed by atoms with Crippen LogP contribution in [0, 0.1) is 0 Å². The highest BCUT2D eigenvalue weighted by Gasteiger charge is 2.49. The average molecular weight is 513 g/mol. The first-order valence-corrected chi connectivity index (χ1v) is 11.8. The quantitative estimate of drug-likeness (QED) is 0.265. The van der Waals surface area contributed by atoms with Crippen molar-refractivity contribution in [3.63, 3.8) is 0 Å². The molecule has 0 radical (unpaired) electrons. The lowest BCUT2D eigenvalue weighted by Gasteiger charge is -2.42. The largest absolute Gasteiger partial charge is 0.507 e. The van der Waals surface area contributed by atoms with Crippen molar-refractivity contribution in [2.45, 2.75) is 62.7 Å². The van der Waals surface area contributed by atoms with Crippen molar-refractivity contribution in [2.75, 3.05) is 6.61 Å². The van der Waals surface area contributed by atoms with Crippen molar-refractivity contribution in [3.05, 3.63) is 51.6 Å². The first kappa shape index (κ1) is 25.3. The molecule has 11 heteroatoms. The number of aromatic hydroxyl groups is 3. The molecular weight excluding hydrogens is 486 g/mol. The van der Waals surface area contributed by atoms with Crippen LogP contribution in [0.15, 0.2) is 18.2 Å². The Morgan fingerprint density at radius 3 is 2.46 bits per heavy atom. The topological polar surface area (TPSA) is 197 Å². The maximum absolute atomic E-state index is 13.4. The summed E-state index contributed by atoms with van der Waals surface area (Å²) in [6, 6.07) is 2.98. The molecule has 0 saturated carbocycles. The monoisotopic (exact) mass is 513 g/mol. The number of fused-ring (bicyclic) bond motifs is 3. The van der Waals surface area contributed by atoms with Crippen molar-refractivity contribution in [3.8, 4) is 17.2 Å². The van der Waals surface area contributed by atoms with Gasteiger partial charge in [-0.05, 0) is 19.9 Å². The second kappa shape index (κ2) is 8.61. The number of ketones is 3. The third-order valence-electron chi connectivity index (χ3n) is 7.69. The van der Waals surface area contributed by atoms with Crippen molar-refractivity contribution >= 4 is 17.3 Å². The second-order valence-electron chi connectivity index (χ2n) is 9.94. The van der Waals surface area contributed by atoms with Gasteiger partial charge in [0.15, 0.2) is 11.6 Å². The lowest BCUT2D eigenvalue weighted by molar-refractivity contribution is -0.175. The molecule has 1 fully saturated rings. The van der Waals surface area contributed by atoms with E-state index in [9.17, 15) is 39.9 Å². The van der Waals surface area contributed by atoms with Crippen LogP contribution in [0.5, 0.6) is 17.2 Å². The molecule has 2 aliphatic carbocycles. The molecule has 0 aromatic heterocycles. The van der Waals surface area contributed by atoms with E-state index in [-0.39, 0.29) is 35.3 Å². The molecule has 196 valence electrons. The standard InChI is InChI=1S/C26H27NO10/c1-9-21(30)20(27)15(8-36-9)37-14-7-26(35,10(2)28)6-12-17(14)25(34)19-18(23(12)32)22(31)11-4-3-5-13(29)16(11)24(19)33/h3-5,9,14-15,20-21,29-30,32,34-35H,6-8,27H2,1-2H3/t9-,14-,15?,20-,21-,26-/m0/s1. The molecule has 0 bridgehead atoms. The maximum atomic E-state index is 13.4. The van der Waals surface area contributed by atoms with Crippen LogP contribution < -0.4 is 5.73 Å². The van der Waals surface area contributed by atoms with E-state index in [0.29, 0.717) is 0 Å². The summed E-state index contributed by atoms with van der Waals surface area (Å²) in [4.78, 5) is 39.2. The van der Waals surface area contributed by atoms with Crippen molar-refractivity contribution in [1.82, 2.24) is 0 Å². The third-order valence-corrected chi connectivity index (χ3v) is 7.69. The fraction of sp³-hybridized carbons (Fsp3) is 0.423. The number of nitrogens with two attached hydrogens (primary N) is 1. The zero-order valence-electron chi connectivity index (χ0n) is 20.1. The number of phenols is 3. The Labute approximate surface area is 211 Å². The van der Waals surface area contributed by atoms with Crippen LogP contribution in [0.2, 0.25) is 0 Å². The van der Waals surface area contributed by atoms with Crippen LogP contribution in [0.25, 0.3) is 0 Å². The summed E-state index contributed by atoms with van der Waals surface area (Å²) >= 11 is 0. The third kappa shape index (κ3) is 3.65. The van der Waals surface area contributed by atoms with Gasteiger partial charge in [0.2, 0.25) is 5.78 Å². The van der Waals surface area contributed by atoms with Gasteiger partial charge in [-0.25, -0.2) is 0 Å². The Morgan fingerprint density at radius 1 is 1.11 bits per heavy atom. The van der Waals surface area contributed by atoms with Gasteiger partial charge in [0.25, 0.3) is 0 Å². The highest BCUT2D eigenvalue weighted by Crippen LogP contribution is 2.52. The lowest BCUT2D eigenvalue weighted by atomic mass is 9.72. The van der Waals surface area contributed by atoms with Gasteiger partial charge in [0, 0.05) is 29.5 Å². The Balaban J connectivity index is 1.69. The van der Waals surface area contributed by atoms with Crippen molar-refractivity contribution < 1.29 is 49.4 Å². The molecule has 1 aliphatic heterocycles. The van der Waals surface area contributed by atoms with E-state index in [1.165, 1.54) is 18.2 Å². The van der Waals surface area contributed by atoms with Crippen LogP contribution in [-0.2, 0) is 20.7 Å².